The maximum Gasteiger partial charge on any atom is 0.477 e. The highest BCUT2D eigenvalue weighted by molar-refractivity contribution is 7.48. The first kappa shape index (κ1) is 59.3. The van der Waals surface area contributed by atoms with Gasteiger partial charge in [0.2, 0.25) is 0 Å². The van der Waals surface area contributed by atoms with Crippen LogP contribution in [-0.4, -0.2) is 86.2 Å². The van der Waals surface area contributed by atoms with E-state index in [-0.39, 0.29) is 48.4 Å². The molecule has 0 unspecified atom stereocenters. The van der Waals surface area contributed by atoms with E-state index in [9.17, 15) is 23.7 Å². The van der Waals surface area contributed by atoms with Crippen LogP contribution in [0.3, 0.4) is 0 Å². The first-order valence-corrected chi connectivity index (χ1v) is 28.9. The van der Waals surface area contributed by atoms with Crippen molar-refractivity contribution < 1.29 is 37.3 Å². The van der Waals surface area contributed by atoms with Gasteiger partial charge in [-0.2, -0.15) is 20.4 Å². The summed E-state index contributed by atoms with van der Waals surface area (Å²) in [6.45, 7) is 18.5. The number of H-pyrrole nitrogens is 1. The first-order valence-electron chi connectivity index (χ1n) is 27.4. The Morgan fingerprint density at radius 2 is 1.05 bits per heavy atom. The molecule has 0 bridgehead atoms. The van der Waals surface area contributed by atoms with Crippen LogP contribution in [-0.2, 0) is 61.4 Å². The first-order chi connectivity index (χ1) is 36.9. The van der Waals surface area contributed by atoms with E-state index < -0.39 is 31.1 Å². The van der Waals surface area contributed by atoms with Crippen molar-refractivity contribution in [2.75, 3.05) is 0 Å². The number of aromatic amines is 1. The van der Waals surface area contributed by atoms with Gasteiger partial charge in [-0.3, -0.25) is 47.2 Å². The number of Topliss-reactive ketones (excluding diaryl/α,β-unsaturated/α-hetero) is 2. The van der Waals surface area contributed by atoms with Crippen LogP contribution >= 0.6 is 7.82 Å². The van der Waals surface area contributed by atoms with Crippen molar-refractivity contribution in [3.8, 4) is 22.3 Å². The van der Waals surface area contributed by atoms with E-state index in [1.54, 1.807) is 84.8 Å². The number of phosphoric ester groups is 1. The fraction of sp³-hybridized carbons (Fsp3) is 0.525. The minimum atomic E-state index is -3.91. The largest absolute Gasteiger partial charge is 0.477 e. The Bertz CT molecular complexity index is 3010. The van der Waals surface area contributed by atoms with Crippen molar-refractivity contribution in [3.63, 3.8) is 0 Å². The molecule has 3 N–H and O–H groups in total. The quantitative estimate of drug-likeness (QED) is 0.0645. The molecule has 8 rings (SSSR count). The SMILES string of the molecule is Cc1n[nH]c(C)c1-c1ccc(CC(=O)[C@@H](NC(=O)c2ccnn2C)C2CCCCC2)cc1.Cc1nn(COP(=O)(OC(C)(C)C)OC(C)(C)C)c(C)c1-c1ccc(CC(=O)[C@@H](NC(=O)c2ccnn2C)C2CCCCC2)cc1. The lowest BCUT2D eigenvalue weighted by molar-refractivity contribution is -0.122. The molecule has 19 heteroatoms. The molecule has 4 aromatic heterocycles. The van der Waals surface area contributed by atoms with Gasteiger partial charge in [0.25, 0.3) is 11.8 Å². The minimum Gasteiger partial charge on any atom is -0.341 e. The number of aryl methyl sites for hydroxylation is 5. The van der Waals surface area contributed by atoms with Crippen LogP contribution < -0.4 is 10.6 Å². The Morgan fingerprint density at radius 1 is 0.628 bits per heavy atom. The van der Waals surface area contributed by atoms with E-state index in [2.05, 4.69) is 36.1 Å². The summed E-state index contributed by atoms with van der Waals surface area (Å²) in [5.41, 5.74) is 8.87. The molecule has 2 atom stereocenters. The number of nitrogens with zero attached hydrogens (tertiary/aromatic N) is 7. The van der Waals surface area contributed by atoms with E-state index >= 15 is 0 Å². The molecule has 2 amide bonds. The number of hydrogen-bond acceptors (Lipinski definition) is 12. The molecule has 2 fully saturated rings. The number of ketones is 2. The lowest BCUT2D eigenvalue weighted by atomic mass is 9.81. The second-order valence-electron chi connectivity index (χ2n) is 23.0. The standard InChI is InChI=1S/C34H50N5O6P.C25H31N5O2/c1-23-30(24(2)39(37-23)22-43-46(42,44-33(3,4)5)45-34(6,7)8)26-17-15-25(16-18-26)21-29(40)31(27-13-11-10-12-14-27)36-32(41)28-19-20-35-38(28)9;1-16-23(17(2)29-28-16)19-11-9-18(10-12-19)15-22(31)24(20-7-5-4-6-8-20)27-25(32)21-13-14-26-30(21)3/h15-20,27,31H,10-14,21-22H2,1-9H3,(H,36,41);9-14,20,24H,4-8,15H2,1-3H3,(H,27,32)(H,28,29)/t31-;24-/m00/s1. The van der Waals surface area contributed by atoms with Crippen LogP contribution in [0, 0.1) is 39.5 Å². The molecule has 420 valence electrons. The molecule has 2 aliphatic rings. The summed E-state index contributed by atoms with van der Waals surface area (Å²) in [5.74, 6) is -0.145. The molecule has 18 nitrogen and oxygen atoms in total. The number of aromatic nitrogens is 8. The molecular formula is C59H81N10O8P. The monoisotopic (exact) mass is 1090 g/mol. The second kappa shape index (κ2) is 25.6. The van der Waals surface area contributed by atoms with Crippen molar-refractivity contribution in [2.24, 2.45) is 25.9 Å². The summed E-state index contributed by atoms with van der Waals surface area (Å²) >= 11 is 0. The molecule has 0 radical (unpaired) electrons. The number of rotatable bonds is 19. The van der Waals surface area contributed by atoms with Crippen LogP contribution in [0.2, 0.25) is 0 Å². The van der Waals surface area contributed by atoms with Gasteiger partial charge in [-0.1, -0.05) is 87.1 Å². The van der Waals surface area contributed by atoms with Gasteiger partial charge in [-0.15, -0.1) is 0 Å². The minimum absolute atomic E-state index is 0.00637. The van der Waals surface area contributed by atoms with Gasteiger partial charge in [-0.05, 0) is 141 Å². The van der Waals surface area contributed by atoms with E-state index in [0.29, 0.717) is 17.8 Å². The summed E-state index contributed by atoms with van der Waals surface area (Å²) in [6.07, 6.45) is 14.2. The molecule has 4 heterocycles. The number of nitrogens with one attached hydrogen (secondary N) is 3. The molecule has 2 saturated carbocycles. The third-order valence-corrected chi connectivity index (χ3v) is 16.5. The zero-order chi connectivity index (χ0) is 56.5. The van der Waals surface area contributed by atoms with Gasteiger partial charge in [0.05, 0.1) is 34.7 Å². The fourth-order valence-electron chi connectivity index (χ4n) is 10.8. The fourth-order valence-corrected chi connectivity index (χ4v) is 12.5. The summed E-state index contributed by atoms with van der Waals surface area (Å²) in [6, 6.07) is 18.2. The van der Waals surface area contributed by atoms with Gasteiger partial charge in [0, 0.05) is 61.8 Å². The molecular weight excluding hydrogens is 1010 g/mol. The molecule has 6 aromatic rings. The topological polar surface area (TPSA) is 219 Å². The average molecular weight is 1090 g/mol. The summed E-state index contributed by atoms with van der Waals surface area (Å²) in [4.78, 5) is 53.0. The Morgan fingerprint density at radius 3 is 1.42 bits per heavy atom. The number of phosphoric acid groups is 1. The highest BCUT2D eigenvalue weighted by Gasteiger charge is 2.38. The average Bonchev–Trinajstić information content (AvgIpc) is 4.17. The smallest absolute Gasteiger partial charge is 0.341 e. The Labute approximate surface area is 459 Å². The number of carbonyl (C=O) groups excluding carboxylic acids is 4. The Kier molecular flexibility index (Phi) is 19.5. The molecule has 0 spiro atoms. The summed E-state index contributed by atoms with van der Waals surface area (Å²) in [7, 11) is -0.462. The Balaban J connectivity index is 0.000000241. The second-order valence-corrected chi connectivity index (χ2v) is 24.5. The van der Waals surface area contributed by atoms with Crippen molar-refractivity contribution in [1.29, 1.82) is 0 Å². The van der Waals surface area contributed by atoms with Gasteiger partial charge < -0.3 is 10.6 Å². The van der Waals surface area contributed by atoms with E-state index in [1.165, 1.54) is 15.8 Å². The van der Waals surface area contributed by atoms with E-state index in [4.69, 9.17) is 13.6 Å². The third kappa shape index (κ3) is 15.7. The molecule has 0 saturated heterocycles. The predicted molar refractivity (Wildman–Crippen MR) is 300 cm³/mol. The zero-order valence-electron chi connectivity index (χ0n) is 47.8. The van der Waals surface area contributed by atoms with E-state index in [1.807, 2.05) is 76.2 Å². The van der Waals surface area contributed by atoms with Crippen molar-refractivity contribution in [1.82, 2.24) is 50.2 Å². The summed E-state index contributed by atoms with van der Waals surface area (Å²) < 4.78 is 35.5. The van der Waals surface area contributed by atoms with Gasteiger partial charge in [0.15, 0.2) is 18.3 Å². The lowest BCUT2D eigenvalue weighted by Gasteiger charge is -2.30. The van der Waals surface area contributed by atoms with Crippen LogP contribution in [0.4, 0.5) is 0 Å². The van der Waals surface area contributed by atoms with E-state index in [0.717, 1.165) is 114 Å². The van der Waals surface area contributed by atoms with Crippen molar-refractivity contribution in [3.05, 3.63) is 118 Å². The number of carbonyl (C=O) groups is 4. The van der Waals surface area contributed by atoms with Gasteiger partial charge in [0.1, 0.15) is 11.4 Å². The van der Waals surface area contributed by atoms with Crippen molar-refractivity contribution in [2.45, 2.75) is 176 Å². The van der Waals surface area contributed by atoms with Gasteiger partial charge >= 0.3 is 7.82 Å². The number of hydrogen-bond donors (Lipinski definition) is 3. The van der Waals surface area contributed by atoms with Crippen molar-refractivity contribution >= 4 is 31.2 Å². The van der Waals surface area contributed by atoms with Crippen LogP contribution in [0.25, 0.3) is 22.3 Å². The molecule has 78 heavy (non-hydrogen) atoms. The van der Waals surface area contributed by atoms with Crippen LogP contribution in [0.5, 0.6) is 0 Å². The number of amides is 2. The summed E-state index contributed by atoms with van der Waals surface area (Å²) in [5, 5.41) is 26.2. The lowest BCUT2D eigenvalue weighted by Crippen LogP contribution is -2.47. The predicted octanol–water partition coefficient (Wildman–Crippen LogP) is 11.0. The maximum atomic E-state index is 13.7. The van der Waals surface area contributed by atoms with Gasteiger partial charge in [-0.25, -0.2) is 9.25 Å². The molecule has 2 aliphatic carbocycles. The third-order valence-electron chi connectivity index (χ3n) is 14.5. The Hall–Kier alpha value is -6.33. The highest BCUT2D eigenvalue weighted by atomic mass is 31.2. The van der Waals surface area contributed by atoms with Crippen LogP contribution in [0.15, 0.2) is 73.1 Å². The number of benzene rings is 2. The highest BCUT2D eigenvalue weighted by Crippen LogP contribution is 2.55. The zero-order valence-corrected chi connectivity index (χ0v) is 48.7. The molecule has 0 aliphatic heterocycles. The normalized spacial score (nSPS) is 15.5. The van der Waals surface area contributed by atoms with Crippen LogP contribution in [0.1, 0.15) is 161 Å². The molecule has 2 aromatic carbocycles. The maximum absolute atomic E-state index is 13.7.